The summed E-state index contributed by atoms with van der Waals surface area (Å²) in [7, 11) is 3.14. The summed E-state index contributed by atoms with van der Waals surface area (Å²) in [5.41, 5.74) is 1.18. The van der Waals surface area contributed by atoms with E-state index in [-0.39, 0.29) is 12.0 Å². The van der Waals surface area contributed by atoms with Crippen LogP contribution in [0, 0.1) is 11.6 Å². The average Bonchev–Trinajstić information content (AvgIpc) is 2.77. The van der Waals surface area contributed by atoms with Crippen LogP contribution in [0.1, 0.15) is 28.8 Å². The zero-order chi connectivity index (χ0) is 22.2. The van der Waals surface area contributed by atoms with Crippen LogP contribution in [0.3, 0.4) is 0 Å². The normalized spacial score (nSPS) is 15.0. The fourth-order valence-corrected chi connectivity index (χ4v) is 3.54. The number of nitrogens with zero attached hydrogens (tertiary/aromatic N) is 1. The van der Waals surface area contributed by atoms with Crippen LogP contribution in [-0.4, -0.2) is 57.4 Å². The Balaban J connectivity index is 1.59. The summed E-state index contributed by atoms with van der Waals surface area (Å²) < 4.78 is 43.0. The third-order valence-electron chi connectivity index (χ3n) is 5.24. The summed E-state index contributed by atoms with van der Waals surface area (Å²) in [5.74, 6) is -0.806. The first kappa shape index (κ1) is 23.0. The molecule has 2 aromatic carbocycles. The topological polar surface area (TPSA) is 60.0 Å². The maximum atomic E-state index is 13.4. The summed E-state index contributed by atoms with van der Waals surface area (Å²) in [4.78, 5) is 14.7. The number of hydrogen-bond acceptors (Lipinski definition) is 5. The van der Waals surface area contributed by atoms with Crippen molar-refractivity contribution in [1.82, 2.24) is 10.2 Å². The van der Waals surface area contributed by atoms with Crippen LogP contribution in [-0.2, 0) is 11.3 Å². The monoisotopic (exact) mass is 434 g/mol. The molecular formula is C23H28F2N2O4. The van der Waals surface area contributed by atoms with Gasteiger partial charge in [-0.2, -0.15) is 0 Å². The molecule has 1 aliphatic heterocycles. The van der Waals surface area contributed by atoms with Crippen molar-refractivity contribution in [3.05, 3.63) is 59.2 Å². The van der Waals surface area contributed by atoms with Gasteiger partial charge in [-0.3, -0.25) is 9.69 Å². The van der Waals surface area contributed by atoms with Crippen molar-refractivity contribution in [2.45, 2.75) is 25.5 Å². The molecule has 1 amide bonds. The minimum Gasteiger partial charge on any atom is -0.497 e. The van der Waals surface area contributed by atoms with Crippen LogP contribution in [0.4, 0.5) is 8.78 Å². The van der Waals surface area contributed by atoms with E-state index in [4.69, 9.17) is 14.2 Å². The van der Waals surface area contributed by atoms with Gasteiger partial charge in [0.1, 0.15) is 17.6 Å². The highest BCUT2D eigenvalue weighted by Gasteiger charge is 2.23. The first-order valence-corrected chi connectivity index (χ1v) is 10.3. The maximum absolute atomic E-state index is 13.4. The van der Waals surface area contributed by atoms with Gasteiger partial charge < -0.3 is 19.5 Å². The lowest BCUT2D eigenvalue weighted by molar-refractivity contribution is 0.0881. The second kappa shape index (κ2) is 11.1. The van der Waals surface area contributed by atoms with E-state index in [2.05, 4.69) is 10.2 Å². The Morgan fingerprint density at radius 2 is 1.87 bits per heavy atom. The molecule has 0 spiro atoms. The van der Waals surface area contributed by atoms with Gasteiger partial charge in [-0.05, 0) is 42.7 Å². The van der Waals surface area contributed by atoms with Gasteiger partial charge in [0.2, 0.25) is 0 Å². The summed E-state index contributed by atoms with van der Waals surface area (Å²) in [5, 5.41) is 2.81. The third-order valence-corrected chi connectivity index (χ3v) is 5.24. The molecule has 1 heterocycles. The molecule has 0 bridgehead atoms. The molecule has 1 N–H and O–H groups in total. The van der Waals surface area contributed by atoms with E-state index in [1.165, 1.54) is 6.07 Å². The number of carbonyl (C=O) groups is 1. The first-order chi connectivity index (χ1) is 15.0. The van der Waals surface area contributed by atoms with Crippen molar-refractivity contribution in [2.75, 3.05) is 40.5 Å². The smallest absolute Gasteiger partial charge is 0.255 e. The molecule has 168 valence electrons. The lowest BCUT2D eigenvalue weighted by Crippen LogP contribution is -2.38. The Labute approximate surface area is 181 Å². The zero-order valence-corrected chi connectivity index (χ0v) is 17.8. The number of halogens is 2. The van der Waals surface area contributed by atoms with Crippen LogP contribution < -0.4 is 14.8 Å². The first-order valence-electron chi connectivity index (χ1n) is 10.3. The predicted octanol–water partition coefficient (Wildman–Crippen LogP) is 3.39. The number of ether oxygens (including phenoxy) is 3. The lowest BCUT2D eigenvalue weighted by Gasteiger charge is -2.32. The van der Waals surface area contributed by atoms with Gasteiger partial charge in [0.05, 0.1) is 19.3 Å². The van der Waals surface area contributed by atoms with E-state index in [0.717, 1.165) is 37.6 Å². The summed E-state index contributed by atoms with van der Waals surface area (Å²) >= 11 is 0. The van der Waals surface area contributed by atoms with Crippen molar-refractivity contribution < 1.29 is 27.8 Å². The standard InChI is InChI=1S/C23H28F2N2O4/c1-29-12-9-26-23(28)19-5-4-18(30-2)14-22(19)31-17-7-10-27(11-8-17)15-16-3-6-20(24)21(25)13-16/h3-6,13-14,17H,7-12,15H2,1-2H3,(H,26,28). The van der Waals surface area contributed by atoms with Crippen LogP contribution in [0.2, 0.25) is 0 Å². The predicted molar refractivity (Wildman–Crippen MR) is 112 cm³/mol. The highest BCUT2D eigenvalue weighted by molar-refractivity contribution is 5.97. The highest BCUT2D eigenvalue weighted by atomic mass is 19.2. The molecule has 1 fully saturated rings. The summed E-state index contributed by atoms with van der Waals surface area (Å²) in [6.07, 6.45) is 1.45. The molecule has 1 aliphatic rings. The molecule has 0 radical (unpaired) electrons. The number of rotatable bonds is 9. The van der Waals surface area contributed by atoms with Gasteiger partial charge in [0.25, 0.3) is 5.91 Å². The van der Waals surface area contributed by atoms with Crippen LogP contribution in [0.5, 0.6) is 11.5 Å². The maximum Gasteiger partial charge on any atom is 0.255 e. The number of carbonyl (C=O) groups excluding carboxylic acids is 1. The molecule has 31 heavy (non-hydrogen) atoms. The van der Waals surface area contributed by atoms with Gasteiger partial charge in [-0.15, -0.1) is 0 Å². The number of methoxy groups -OCH3 is 2. The third kappa shape index (κ3) is 6.38. The van der Waals surface area contributed by atoms with E-state index in [1.807, 2.05) is 0 Å². The molecule has 1 saturated heterocycles. The van der Waals surface area contributed by atoms with Gasteiger partial charge in [0, 0.05) is 39.4 Å². The van der Waals surface area contributed by atoms with E-state index >= 15 is 0 Å². The van der Waals surface area contributed by atoms with Gasteiger partial charge >= 0.3 is 0 Å². The number of nitrogens with one attached hydrogen (secondary N) is 1. The van der Waals surface area contributed by atoms with Crippen molar-refractivity contribution >= 4 is 5.91 Å². The number of likely N-dealkylation sites (tertiary alicyclic amines) is 1. The largest absolute Gasteiger partial charge is 0.497 e. The van der Waals surface area contributed by atoms with Crippen molar-refractivity contribution in [2.24, 2.45) is 0 Å². The summed E-state index contributed by atoms with van der Waals surface area (Å²) in [6.45, 7) is 2.89. The number of hydrogen-bond donors (Lipinski definition) is 1. The molecule has 0 saturated carbocycles. The molecular weight excluding hydrogens is 406 g/mol. The van der Waals surface area contributed by atoms with Crippen LogP contribution in [0.25, 0.3) is 0 Å². The number of benzene rings is 2. The van der Waals surface area contributed by atoms with Crippen molar-refractivity contribution in [3.8, 4) is 11.5 Å². The quantitative estimate of drug-likeness (QED) is 0.613. The molecule has 3 rings (SSSR count). The molecule has 6 nitrogen and oxygen atoms in total. The Hall–Kier alpha value is -2.71. The Kier molecular flexibility index (Phi) is 8.20. The van der Waals surface area contributed by atoms with E-state index < -0.39 is 11.6 Å². The molecule has 2 aromatic rings. The van der Waals surface area contributed by atoms with Crippen LogP contribution >= 0.6 is 0 Å². The van der Waals surface area contributed by atoms with Crippen molar-refractivity contribution in [3.63, 3.8) is 0 Å². The van der Waals surface area contributed by atoms with E-state index in [1.54, 1.807) is 38.5 Å². The fraction of sp³-hybridized carbons (Fsp3) is 0.435. The van der Waals surface area contributed by atoms with Crippen molar-refractivity contribution in [1.29, 1.82) is 0 Å². The Morgan fingerprint density at radius 1 is 1.10 bits per heavy atom. The Bertz CT molecular complexity index is 886. The zero-order valence-electron chi connectivity index (χ0n) is 17.8. The lowest BCUT2D eigenvalue weighted by atomic mass is 10.1. The van der Waals surface area contributed by atoms with E-state index in [0.29, 0.717) is 36.8 Å². The Morgan fingerprint density at radius 3 is 2.55 bits per heavy atom. The van der Waals surface area contributed by atoms with Gasteiger partial charge in [-0.1, -0.05) is 6.07 Å². The van der Waals surface area contributed by atoms with Crippen LogP contribution in [0.15, 0.2) is 36.4 Å². The summed E-state index contributed by atoms with van der Waals surface area (Å²) in [6, 6.07) is 9.13. The minimum atomic E-state index is -0.837. The molecule has 0 unspecified atom stereocenters. The SMILES string of the molecule is COCCNC(=O)c1ccc(OC)cc1OC1CCN(Cc2ccc(F)c(F)c2)CC1. The molecule has 8 heteroatoms. The second-order valence-corrected chi connectivity index (χ2v) is 7.45. The highest BCUT2D eigenvalue weighted by Crippen LogP contribution is 2.28. The fourth-order valence-electron chi connectivity index (χ4n) is 3.54. The van der Waals surface area contributed by atoms with E-state index in [9.17, 15) is 13.6 Å². The van der Waals surface area contributed by atoms with Gasteiger partial charge in [-0.25, -0.2) is 8.78 Å². The number of amides is 1. The minimum absolute atomic E-state index is 0.0566. The molecule has 0 aromatic heterocycles. The van der Waals surface area contributed by atoms with Gasteiger partial charge in [0.15, 0.2) is 11.6 Å². The number of piperidine rings is 1. The molecule has 0 atom stereocenters. The average molecular weight is 434 g/mol. The second-order valence-electron chi connectivity index (χ2n) is 7.45. The molecule has 0 aliphatic carbocycles.